The fourth-order valence-electron chi connectivity index (χ4n) is 1.72. The number of benzene rings is 1. The molecule has 0 radical (unpaired) electrons. The van der Waals surface area contributed by atoms with Gasteiger partial charge in [0.05, 0.1) is 13.2 Å². The number of hydrogen-bond donors (Lipinski definition) is 1. The molecular weight excluding hydrogens is 242 g/mol. The van der Waals surface area contributed by atoms with Crippen LogP contribution in [0.25, 0.3) is 0 Å². The monoisotopic (exact) mass is 267 g/mol. The molecule has 0 fully saturated rings. The molecule has 0 aliphatic carbocycles. The van der Waals surface area contributed by atoms with Crippen molar-refractivity contribution in [3.05, 3.63) is 29.8 Å². The van der Waals surface area contributed by atoms with Gasteiger partial charge in [-0.3, -0.25) is 0 Å². The van der Waals surface area contributed by atoms with Crippen molar-refractivity contribution in [1.29, 1.82) is 0 Å². The molecule has 0 saturated carbocycles. The Morgan fingerprint density at radius 2 is 1.84 bits per heavy atom. The standard InChI is InChI=1S/C15H25NO3/c1-3-18-12-13-19-15-6-4-14(5-7-15)8-9-16(2)10-11-17/h4-7,17H,3,8-13H2,1-2H3. The van der Waals surface area contributed by atoms with Gasteiger partial charge >= 0.3 is 0 Å². The van der Waals surface area contributed by atoms with Gasteiger partial charge in [-0.1, -0.05) is 12.1 Å². The summed E-state index contributed by atoms with van der Waals surface area (Å²) in [6.45, 7) is 5.80. The lowest BCUT2D eigenvalue weighted by molar-refractivity contribution is 0.110. The summed E-state index contributed by atoms with van der Waals surface area (Å²) < 4.78 is 10.8. The summed E-state index contributed by atoms with van der Waals surface area (Å²) in [6, 6.07) is 8.16. The third kappa shape index (κ3) is 7.15. The molecule has 0 unspecified atom stereocenters. The number of aliphatic hydroxyl groups is 1. The summed E-state index contributed by atoms with van der Waals surface area (Å²) in [5.74, 6) is 0.882. The van der Waals surface area contributed by atoms with Crippen molar-refractivity contribution >= 4 is 0 Å². The molecule has 0 aliphatic heterocycles. The van der Waals surface area contributed by atoms with Crippen molar-refractivity contribution in [2.24, 2.45) is 0 Å². The smallest absolute Gasteiger partial charge is 0.119 e. The first kappa shape index (κ1) is 16.0. The summed E-state index contributed by atoms with van der Waals surface area (Å²) in [7, 11) is 2.02. The van der Waals surface area contributed by atoms with Crippen LogP contribution in [-0.2, 0) is 11.2 Å². The maximum absolute atomic E-state index is 8.82. The van der Waals surface area contributed by atoms with E-state index in [0.29, 0.717) is 13.2 Å². The first-order chi connectivity index (χ1) is 9.26. The molecule has 4 nitrogen and oxygen atoms in total. The minimum atomic E-state index is 0.211. The van der Waals surface area contributed by atoms with Gasteiger partial charge in [0.1, 0.15) is 12.4 Å². The molecule has 0 amide bonds. The minimum absolute atomic E-state index is 0.211. The SMILES string of the molecule is CCOCCOc1ccc(CCN(C)CCO)cc1. The predicted molar refractivity (Wildman–Crippen MR) is 76.7 cm³/mol. The van der Waals surface area contributed by atoms with E-state index in [9.17, 15) is 0 Å². The fraction of sp³-hybridized carbons (Fsp3) is 0.600. The molecule has 0 aromatic heterocycles. The number of nitrogens with zero attached hydrogens (tertiary/aromatic N) is 1. The van der Waals surface area contributed by atoms with Gasteiger partial charge in [0, 0.05) is 19.7 Å². The number of ether oxygens (including phenoxy) is 2. The first-order valence-electron chi connectivity index (χ1n) is 6.85. The predicted octanol–water partition coefficient (Wildman–Crippen LogP) is 1.57. The normalized spacial score (nSPS) is 10.9. The Hall–Kier alpha value is -1.10. The van der Waals surface area contributed by atoms with E-state index in [1.54, 1.807) is 0 Å². The van der Waals surface area contributed by atoms with Crippen molar-refractivity contribution in [2.45, 2.75) is 13.3 Å². The molecule has 1 rings (SSSR count). The molecule has 0 atom stereocenters. The number of rotatable bonds is 10. The van der Waals surface area contributed by atoms with Crippen molar-refractivity contribution in [2.75, 3.05) is 46.6 Å². The molecule has 4 heteroatoms. The van der Waals surface area contributed by atoms with Crippen molar-refractivity contribution in [3.8, 4) is 5.75 Å². The highest BCUT2D eigenvalue weighted by molar-refractivity contribution is 5.27. The van der Waals surface area contributed by atoms with Crippen LogP contribution in [0, 0.1) is 0 Å². The highest BCUT2D eigenvalue weighted by Gasteiger charge is 1.99. The Bertz CT molecular complexity index is 327. The summed E-state index contributed by atoms with van der Waals surface area (Å²) >= 11 is 0. The Morgan fingerprint density at radius 3 is 2.47 bits per heavy atom. The first-order valence-corrected chi connectivity index (χ1v) is 6.85. The molecule has 19 heavy (non-hydrogen) atoms. The quantitative estimate of drug-likeness (QED) is 0.653. The van der Waals surface area contributed by atoms with Crippen molar-refractivity contribution in [3.63, 3.8) is 0 Å². The van der Waals surface area contributed by atoms with Gasteiger partial charge in [-0.15, -0.1) is 0 Å². The van der Waals surface area contributed by atoms with Crippen LogP contribution < -0.4 is 4.74 Å². The van der Waals surface area contributed by atoms with Crippen LogP contribution in [0.3, 0.4) is 0 Å². The lowest BCUT2D eigenvalue weighted by Crippen LogP contribution is -2.24. The van der Waals surface area contributed by atoms with Crippen molar-refractivity contribution < 1.29 is 14.6 Å². The van der Waals surface area contributed by atoms with Crippen LogP contribution in [0.5, 0.6) is 5.75 Å². The van der Waals surface area contributed by atoms with E-state index >= 15 is 0 Å². The second-order valence-corrected chi connectivity index (χ2v) is 4.47. The Labute approximate surface area is 115 Å². The zero-order chi connectivity index (χ0) is 13.9. The van der Waals surface area contributed by atoms with Gasteiger partial charge < -0.3 is 19.5 Å². The van der Waals surface area contributed by atoms with E-state index in [1.807, 2.05) is 26.1 Å². The topological polar surface area (TPSA) is 41.9 Å². The van der Waals surface area contributed by atoms with Crippen LogP contribution >= 0.6 is 0 Å². The molecule has 0 spiro atoms. The maximum atomic E-state index is 8.82. The van der Waals surface area contributed by atoms with E-state index in [4.69, 9.17) is 14.6 Å². The largest absolute Gasteiger partial charge is 0.491 e. The van der Waals surface area contributed by atoms with Gasteiger partial charge in [0.2, 0.25) is 0 Å². The summed E-state index contributed by atoms with van der Waals surface area (Å²) in [5.41, 5.74) is 1.28. The molecule has 1 aromatic carbocycles. The molecule has 0 aliphatic rings. The average molecular weight is 267 g/mol. The molecule has 1 N–H and O–H groups in total. The average Bonchev–Trinajstić information content (AvgIpc) is 2.43. The Morgan fingerprint density at radius 1 is 1.11 bits per heavy atom. The minimum Gasteiger partial charge on any atom is -0.491 e. The van der Waals surface area contributed by atoms with E-state index in [1.165, 1.54) is 5.56 Å². The molecular formula is C15H25NO3. The second-order valence-electron chi connectivity index (χ2n) is 4.47. The molecule has 0 saturated heterocycles. The zero-order valence-electron chi connectivity index (χ0n) is 12.0. The molecule has 0 bridgehead atoms. The van der Waals surface area contributed by atoms with Gasteiger partial charge in [-0.2, -0.15) is 0 Å². The lowest BCUT2D eigenvalue weighted by Gasteiger charge is -2.14. The van der Waals surface area contributed by atoms with Crippen LogP contribution in [0.4, 0.5) is 0 Å². The third-order valence-electron chi connectivity index (χ3n) is 2.89. The van der Waals surface area contributed by atoms with Crippen LogP contribution in [0.15, 0.2) is 24.3 Å². The number of aliphatic hydroxyl groups excluding tert-OH is 1. The summed E-state index contributed by atoms with van der Waals surface area (Å²) in [5, 5.41) is 8.82. The van der Waals surface area contributed by atoms with Crippen LogP contribution in [0.1, 0.15) is 12.5 Å². The van der Waals surface area contributed by atoms with Gasteiger partial charge in [0.15, 0.2) is 0 Å². The fourth-order valence-corrected chi connectivity index (χ4v) is 1.72. The highest BCUT2D eigenvalue weighted by Crippen LogP contribution is 2.12. The van der Waals surface area contributed by atoms with Gasteiger partial charge in [0.25, 0.3) is 0 Å². The van der Waals surface area contributed by atoms with E-state index in [-0.39, 0.29) is 6.61 Å². The van der Waals surface area contributed by atoms with E-state index < -0.39 is 0 Å². The molecule has 108 valence electrons. The highest BCUT2D eigenvalue weighted by atomic mass is 16.5. The second kappa shape index (κ2) is 9.78. The van der Waals surface area contributed by atoms with Crippen LogP contribution in [0.2, 0.25) is 0 Å². The zero-order valence-corrected chi connectivity index (χ0v) is 12.0. The Balaban J connectivity index is 2.27. The summed E-state index contributed by atoms with van der Waals surface area (Å²) in [6.07, 6.45) is 0.982. The van der Waals surface area contributed by atoms with Gasteiger partial charge in [-0.25, -0.2) is 0 Å². The summed E-state index contributed by atoms with van der Waals surface area (Å²) in [4.78, 5) is 2.12. The van der Waals surface area contributed by atoms with E-state index in [0.717, 1.165) is 31.9 Å². The maximum Gasteiger partial charge on any atom is 0.119 e. The lowest BCUT2D eigenvalue weighted by atomic mass is 10.1. The number of likely N-dealkylation sites (N-methyl/N-ethyl adjacent to an activating group) is 1. The van der Waals surface area contributed by atoms with Crippen molar-refractivity contribution in [1.82, 2.24) is 4.90 Å². The van der Waals surface area contributed by atoms with Crippen LogP contribution in [-0.4, -0.2) is 56.6 Å². The Kier molecular flexibility index (Phi) is 8.21. The van der Waals surface area contributed by atoms with E-state index in [2.05, 4.69) is 17.0 Å². The van der Waals surface area contributed by atoms with Gasteiger partial charge in [-0.05, 0) is 38.1 Å². The molecule has 1 aromatic rings. The molecule has 0 heterocycles. The number of hydrogen-bond acceptors (Lipinski definition) is 4. The third-order valence-corrected chi connectivity index (χ3v) is 2.89.